The highest BCUT2D eigenvalue weighted by Gasteiger charge is 2.12. The zero-order chi connectivity index (χ0) is 14.3. The smallest absolute Gasteiger partial charge is 0.220 e. The minimum atomic E-state index is -0.271. The Hall–Kier alpha value is -1.35. The Morgan fingerprint density at radius 3 is 2.32 bits per heavy atom. The molecular formula is C16H26N2O. The maximum Gasteiger partial charge on any atom is 0.220 e. The van der Waals surface area contributed by atoms with Gasteiger partial charge in [-0.3, -0.25) is 4.79 Å². The van der Waals surface area contributed by atoms with E-state index in [4.69, 9.17) is 5.73 Å². The molecule has 0 aliphatic carbocycles. The van der Waals surface area contributed by atoms with E-state index in [0.717, 1.165) is 12.8 Å². The number of carbonyl (C=O) groups excluding carboxylic acids is 1. The van der Waals surface area contributed by atoms with Gasteiger partial charge in [-0.2, -0.15) is 0 Å². The molecule has 0 aromatic heterocycles. The van der Waals surface area contributed by atoms with E-state index in [9.17, 15) is 4.79 Å². The molecule has 19 heavy (non-hydrogen) atoms. The van der Waals surface area contributed by atoms with E-state index in [2.05, 4.69) is 36.5 Å². The van der Waals surface area contributed by atoms with E-state index < -0.39 is 0 Å². The van der Waals surface area contributed by atoms with Crippen LogP contribution in [0.1, 0.15) is 44.7 Å². The molecule has 0 saturated carbocycles. The van der Waals surface area contributed by atoms with Crippen molar-refractivity contribution in [3.8, 4) is 0 Å². The van der Waals surface area contributed by atoms with Crippen molar-refractivity contribution >= 4 is 5.91 Å². The van der Waals surface area contributed by atoms with Crippen molar-refractivity contribution in [1.82, 2.24) is 5.32 Å². The van der Waals surface area contributed by atoms with E-state index in [1.54, 1.807) is 0 Å². The van der Waals surface area contributed by atoms with Crippen LogP contribution < -0.4 is 11.1 Å². The molecule has 0 radical (unpaired) electrons. The molecule has 0 bridgehead atoms. The molecule has 0 unspecified atom stereocenters. The quantitative estimate of drug-likeness (QED) is 0.793. The minimum Gasteiger partial charge on any atom is -0.356 e. The third-order valence-electron chi connectivity index (χ3n) is 3.16. The van der Waals surface area contributed by atoms with Gasteiger partial charge in [-0.15, -0.1) is 0 Å². The molecule has 1 aromatic carbocycles. The van der Waals surface area contributed by atoms with Gasteiger partial charge in [0.2, 0.25) is 5.91 Å². The maximum absolute atomic E-state index is 11.6. The average molecular weight is 262 g/mol. The summed E-state index contributed by atoms with van der Waals surface area (Å²) in [5.74, 6) is 0.0868. The summed E-state index contributed by atoms with van der Waals surface area (Å²) in [5.41, 5.74) is 8.19. The lowest BCUT2D eigenvalue weighted by Crippen LogP contribution is -2.34. The van der Waals surface area contributed by atoms with Crippen molar-refractivity contribution in [3.63, 3.8) is 0 Å². The Balaban J connectivity index is 2.24. The Bertz CT molecular complexity index is 390. The van der Waals surface area contributed by atoms with Crippen LogP contribution in [-0.4, -0.2) is 18.0 Å². The van der Waals surface area contributed by atoms with E-state index in [1.165, 1.54) is 11.1 Å². The molecule has 0 aliphatic heterocycles. The van der Waals surface area contributed by atoms with Gasteiger partial charge in [0.1, 0.15) is 0 Å². The van der Waals surface area contributed by atoms with E-state index >= 15 is 0 Å². The van der Waals surface area contributed by atoms with Crippen LogP contribution >= 0.6 is 0 Å². The molecule has 0 spiro atoms. The normalized spacial score (nSPS) is 11.4. The fourth-order valence-electron chi connectivity index (χ4n) is 1.81. The third kappa shape index (κ3) is 6.97. The fourth-order valence-corrected chi connectivity index (χ4v) is 1.81. The van der Waals surface area contributed by atoms with Crippen LogP contribution in [-0.2, 0) is 17.6 Å². The van der Waals surface area contributed by atoms with Crippen LogP contribution in [0.2, 0.25) is 0 Å². The Morgan fingerprint density at radius 2 is 1.79 bits per heavy atom. The number of rotatable bonds is 7. The fraction of sp³-hybridized carbons (Fsp3) is 0.562. The highest BCUT2D eigenvalue weighted by Crippen LogP contribution is 2.07. The third-order valence-corrected chi connectivity index (χ3v) is 3.16. The molecule has 3 heteroatoms. The van der Waals surface area contributed by atoms with Crippen molar-refractivity contribution in [2.45, 2.75) is 52.0 Å². The lowest BCUT2D eigenvalue weighted by Gasteiger charge is -2.17. The molecule has 1 aromatic rings. The second kappa shape index (κ2) is 7.29. The van der Waals surface area contributed by atoms with E-state index in [0.29, 0.717) is 19.4 Å². The summed E-state index contributed by atoms with van der Waals surface area (Å²) in [7, 11) is 0. The van der Waals surface area contributed by atoms with Crippen LogP contribution in [0.25, 0.3) is 0 Å². The molecule has 1 rings (SSSR count). The number of nitrogens with two attached hydrogens (primary N) is 1. The molecule has 3 nitrogen and oxygen atoms in total. The Morgan fingerprint density at radius 1 is 1.21 bits per heavy atom. The second-order valence-corrected chi connectivity index (χ2v) is 5.76. The molecule has 0 heterocycles. The van der Waals surface area contributed by atoms with Crippen LogP contribution in [0.5, 0.6) is 0 Å². The minimum absolute atomic E-state index is 0.0868. The predicted octanol–water partition coefficient (Wildman–Crippen LogP) is 2.43. The Labute approximate surface area is 116 Å². The number of amides is 1. The van der Waals surface area contributed by atoms with Crippen molar-refractivity contribution in [2.24, 2.45) is 5.73 Å². The number of nitrogens with one attached hydrogen (secondary N) is 1. The van der Waals surface area contributed by atoms with Crippen molar-refractivity contribution < 1.29 is 4.79 Å². The molecule has 0 saturated heterocycles. The first-order chi connectivity index (χ1) is 8.90. The number of carbonyl (C=O) groups is 1. The van der Waals surface area contributed by atoms with Crippen molar-refractivity contribution in [1.29, 1.82) is 0 Å². The van der Waals surface area contributed by atoms with Crippen molar-refractivity contribution in [2.75, 3.05) is 6.54 Å². The maximum atomic E-state index is 11.6. The van der Waals surface area contributed by atoms with Gasteiger partial charge in [-0.1, -0.05) is 31.2 Å². The number of hydrogen-bond donors (Lipinski definition) is 2. The van der Waals surface area contributed by atoms with E-state index in [1.807, 2.05) is 13.8 Å². The van der Waals surface area contributed by atoms with Gasteiger partial charge in [-0.05, 0) is 44.2 Å². The van der Waals surface area contributed by atoms with Gasteiger partial charge in [0.25, 0.3) is 0 Å². The molecule has 1 amide bonds. The number of aryl methyl sites for hydroxylation is 1. The predicted molar refractivity (Wildman–Crippen MR) is 80.0 cm³/mol. The zero-order valence-corrected chi connectivity index (χ0v) is 12.3. The first-order valence-corrected chi connectivity index (χ1v) is 7.04. The largest absolute Gasteiger partial charge is 0.356 e. The highest BCUT2D eigenvalue weighted by molar-refractivity contribution is 5.75. The highest BCUT2D eigenvalue weighted by atomic mass is 16.1. The summed E-state index contributed by atoms with van der Waals surface area (Å²) < 4.78 is 0. The SMILES string of the molecule is CCc1ccc(CCNC(=O)CCC(C)(C)N)cc1. The molecular weight excluding hydrogens is 236 g/mol. The molecule has 106 valence electrons. The standard InChI is InChI=1S/C16H26N2O/c1-4-13-5-7-14(8-6-13)10-12-18-15(19)9-11-16(2,3)17/h5-8H,4,9-12,17H2,1-3H3,(H,18,19). The molecule has 3 N–H and O–H groups in total. The molecule has 0 fully saturated rings. The van der Waals surface area contributed by atoms with Crippen LogP contribution in [0, 0.1) is 0 Å². The van der Waals surface area contributed by atoms with Crippen LogP contribution in [0.4, 0.5) is 0 Å². The first kappa shape index (κ1) is 15.7. The summed E-state index contributed by atoms with van der Waals surface area (Å²) in [6, 6.07) is 8.56. The lowest BCUT2D eigenvalue weighted by molar-refractivity contribution is -0.121. The lowest BCUT2D eigenvalue weighted by atomic mass is 10.00. The molecule has 0 aliphatic rings. The first-order valence-electron chi connectivity index (χ1n) is 7.04. The second-order valence-electron chi connectivity index (χ2n) is 5.76. The van der Waals surface area contributed by atoms with Gasteiger partial charge < -0.3 is 11.1 Å². The van der Waals surface area contributed by atoms with Crippen molar-refractivity contribution in [3.05, 3.63) is 35.4 Å². The summed E-state index contributed by atoms with van der Waals surface area (Å²) in [6.45, 7) is 6.72. The van der Waals surface area contributed by atoms with Gasteiger partial charge in [0.15, 0.2) is 0 Å². The average Bonchev–Trinajstić information content (AvgIpc) is 2.36. The summed E-state index contributed by atoms with van der Waals surface area (Å²) in [4.78, 5) is 11.6. The monoisotopic (exact) mass is 262 g/mol. The topological polar surface area (TPSA) is 55.1 Å². The Kier molecular flexibility index (Phi) is 6.03. The summed E-state index contributed by atoms with van der Waals surface area (Å²) in [6.07, 6.45) is 3.15. The van der Waals surface area contributed by atoms with Gasteiger partial charge in [0.05, 0.1) is 0 Å². The summed E-state index contributed by atoms with van der Waals surface area (Å²) in [5, 5.41) is 2.94. The number of hydrogen-bond acceptors (Lipinski definition) is 2. The van der Waals surface area contributed by atoms with Gasteiger partial charge in [0, 0.05) is 18.5 Å². The van der Waals surface area contributed by atoms with Gasteiger partial charge >= 0.3 is 0 Å². The van der Waals surface area contributed by atoms with Crippen LogP contribution in [0.15, 0.2) is 24.3 Å². The van der Waals surface area contributed by atoms with E-state index in [-0.39, 0.29) is 11.4 Å². The summed E-state index contributed by atoms with van der Waals surface area (Å²) >= 11 is 0. The number of benzene rings is 1. The zero-order valence-electron chi connectivity index (χ0n) is 12.3. The van der Waals surface area contributed by atoms with Gasteiger partial charge in [-0.25, -0.2) is 0 Å². The molecule has 0 atom stereocenters. The van der Waals surface area contributed by atoms with Crippen LogP contribution in [0.3, 0.4) is 0 Å².